The first-order valence-electron chi connectivity index (χ1n) is 9.17. The van der Waals surface area contributed by atoms with Gasteiger partial charge in [-0.25, -0.2) is 4.79 Å². The summed E-state index contributed by atoms with van der Waals surface area (Å²) in [5.74, 6) is -0.296. The zero-order valence-electron chi connectivity index (χ0n) is 16.5. The largest absolute Gasteiger partial charge is 0.462 e. The van der Waals surface area contributed by atoms with Crippen LogP contribution in [-0.2, 0) is 4.74 Å². The Morgan fingerprint density at radius 1 is 1.11 bits per heavy atom. The maximum absolute atomic E-state index is 11.9. The number of aliphatic imine (C=N–C) groups is 1. The molecule has 5 heteroatoms. The Kier molecular flexibility index (Phi) is 6.34. The molecule has 1 aromatic heterocycles. The minimum absolute atomic E-state index is 0.296. The number of ether oxygens (including phenoxy) is 1. The Labute approximate surface area is 179 Å². The van der Waals surface area contributed by atoms with Crippen molar-refractivity contribution in [2.24, 2.45) is 4.99 Å². The Morgan fingerprint density at radius 3 is 2.46 bits per heavy atom. The number of aromatic nitrogens is 1. The second-order valence-electron chi connectivity index (χ2n) is 6.62. The molecule has 1 heterocycles. The van der Waals surface area contributed by atoms with E-state index in [1.165, 1.54) is 3.57 Å². The maximum atomic E-state index is 11.9. The Balaban J connectivity index is 1.89. The van der Waals surface area contributed by atoms with Gasteiger partial charge in [0.15, 0.2) is 0 Å². The molecule has 28 heavy (non-hydrogen) atoms. The van der Waals surface area contributed by atoms with Gasteiger partial charge in [0.2, 0.25) is 0 Å². The van der Waals surface area contributed by atoms with Crippen molar-refractivity contribution in [3.63, 3.8) is 0 Å². The first kappa shape index (κ1) is 20.3. The normalized spacial score (nSPS) is 11.2. The highest BCUT2D eigenvalue weighted by Crippen LogP contribution is 2.23. The summed E-state index contributed by atoms with van der Waals surface area (Å²) >= 11 is 2.31. The van der Waals surface area contributed by atoms with Crippen LogP contribution in [0.2, 0.25) is 0 Å². The van der Waals surface area contributed by atoms with Crippen LogP contribution >= 0.6 is 22.6 Å². The van der Waals surface area contributed by atoms with Crippen molar-refractivity contribution in [1.29, 1.82) is 0 Å². The number of halogens is 1. The highest BCUT2D eigenvalue weighted by molar-refractivity contribution is 14.1. The van der Waals surface area contributed by atoms with E-state index in [0.29, 0.717) is 12.2 Å². The predicted octanol–water partition coefficient (Wildman–Crippen LogP) is 5.93. The van der Waals surface area contributed by atoms with Gasteiger partial charge in [0.25, 0.3) is 0 Å². The molecule has 0 unspecified atom stereocenters. The molecular weight excluding hydrogens is 463 g/mol. The minimum Gasteiger partial charge on any atom is -0.462 e. The fraction of sp³-hybridized carbons (Fsp3) is 0.217. The molecule has 0 aliphatic rings. The van der Waals surface area contributed by atoms with E-state index in [1.54, 1.807) is 19.1 Å². The van der Waals surface area contributed by atoms with Crippen molar-refractivity contribution in [2.45, 2.75) is 27.7 Å². The molecule has 0 aliphatic carbocycles. The molecule has 0 N–H and O–H groups in total. The molecule has 0 saturated carbocycles. The SMILES string of the molecule is CCOC(=O)c1ccc(-n2c(C)cc(C=Nc3ccc(I)cc3C)c2C)cc1. The van der Waals surface area contributed by atoms with Gasteiger partial charge < -0.3 is 9.30 Å². The van der Waals surface area contributed by atoms with E-state index >= 15 is 0 Å². The molecule has 4 nitrogen and oxygen atoms in total. The van der Waals surface area contributed by atoms with E-state index in [1.807, 2.05) is 24.4 Å². The van der Waals surface area contributed by atoms with Crippen LogP contribution < -0.4 is 0 Å². The number of rotatable bonds is 5. The molecular formula is C23H23IN2O2. The fourth-order valence-corrected chi connectivity index (χ4v) is 3.83. The average molecular weight is 486 g/mol. The maximum Gasteiger partial charge on any atom is 0.338 e. The number of benzene rings is 2. The van der Waals surface area contributed by atoms with Crippen LogP contribution in [0.15, 0.2) is 53.5 Å². The molecule has 2 aromatic carbocycles. The monoisotopic (exact) mass is 486 g/mol. The van der Waals surface area contributed by atoms with Crippen molar-refractivity contribution in [1.82, 2.24) is 4.57 Å². The van der Waals surface area contributed by atoms with Gasteiger partial charge in [-0.05, 0) is 104 Å². The summed E-state index contributed by atoms with van der Waals surface area (Å²) in [5, 5.41) is 0. The van der Waals surface area contributed by atoms with E-state index in [-0.39, 0.29) is 5.97 Å². The first-order valence-corrected chi connectivity index (χ1v) is 10.2. The molecule has 3 aromatic rings. The molecule has 0 bridgehead atoms. The molecule has 0 aliphatic heterocycles. The van der Waals surface area contributed by atoms with Crippen LogP contribution in [0.5, 0.6) is 0 Å². The van der Waals surface area contributed by atoms with Gasteiger partial charge in [0.1, 0.15) is 0 Å². The zero-order chi connectivity index (χ0) is 20.3. The lowest BCUT2D eigenvalue weighted by Gasteiger charge is -2.10. The fourth-order valence-electron chi connectivity index (χ4n) is 3.18. The number of hydrogen-bond donors (Lipinski definition) is 0. The summed E-state index contributed by atoms with van der Waals surface area (Å²) in [7, 11) is 0. The highest BCUT2D eigenvalue weighted by atomic mass is 127. The number of aryl methyl sites for hydroxylation is 2. The van der Waals surface area contributed by atoms with Crippen LogP contribution in [0.3, 0.4) is 0 Å². The van der Waals surface area contributed by atoms with Crippen molar-refractivity contribution in [3.05, 3.63) is 80.2 Å². The molecule has 0 fully saturated rings. The Bertz CT molecular complexity index is 1030. The molecule has 0 radical (unpaired) electrons. The molecule has 144 valence electrons. The van der Waals surface area contributed by atoms with Gasteiger partial charge in [-0.2, -0.15) is 0 Å². The van der Waals surface area contributed by atoms with Crippen molar-refractivity contribution < 1.29 is 9.53 Å². The lowest BCUT2D eigenvalue weighted by atomic mass is 10.2. The second-order valence-corrected chi connectivity index (χ2v) is 7.86. The lowest BCUT2D eigenvalue weighted by Crippen LogP contribution is -2.05. The summed E-state index contributed by atoms with van der Waals surface area (Å²) in [4.78, 5) is 16.5. The van der Waals surface area contributed by atoms with E-state index in [0.717, 1.165) is 33.9 Å². The van der Waals surface area contributed by atoms with Gasteiger partial charge >= 0.3 is 5.97 Å². The zero-order valence-corrected chi connectivity index (χ0v) is 18.6. The Hall–Kier alpha value is -2.41. The van der Waals surface area contributed by atoms with E-state index in [4.69, 9.17) is 4.74 Å². The quantitative estimate of drug-likeness (QED) is 0.255. The minimum atomic E-state index is -0.296. The third kappa shape index (κ3) is 4.35. The third-order valence-corrected chi connectivity index (χ3v) is 5.28. The standard InChI is InChI=1S/C23H23IN2O2/c1-5-28-23(27)18-6-9-21(10-7-18)26-16(3)13-19(17(26)4)14-25-22-11-8-20(24)12-15(22)2/h6-14H,5H2,1-4H3. The predicted molar refractivity (Wildman–Crippen MR) is 122 cm³/mol. The number of carbonyl (C=O) groups excluding carboxylic acids is 1. The van der Waals surface area contributed by atoms with Gasteiger partial charge in [-0.1, -0.05) is 0 Å². The molecule has 0 spiro atoms. The summed E-state index contributed by atoms with van der Waals surface area (Å²) < 4.78 is 8.42. The third-order valence-electron chi connectivity index (χ3n) is 4.61. The van der Waals surface area contributed by atoms with Gasteiger partial charge in [-0.3, -0.25) is 4.99 Å². The molecule has 0 amide bonds. The first-order chi connectivity index (χ1) is 13.4. The second kappa shape index (κ2) is 8.73. The molecule has 0 saturated heterocycles. The smallest absolute Gasteiger partial charge is 0.338 e. The number of nitrogens with zero attached hydrogens (tertiary/aromatic N) is 2. The summed E-state index contributed by atoms with van der Waals surface area (Å²) in [6.07, 6.45) is 1.92. The summed E-state index contributed by atoms with van der Waals surface area (Å²) in [5.41, 5.74) is 6.99. The van der Waals surface area contributed by atoms with Crippen LogP contribution in [-0.4, -0.2) is 23.4 Å². The topological polar surface area (TPSA) is 43.6 Å². The van der Waals surface area contributed by atoms with Crippen molar-refractivity contribution >= 4 is 40.5 Å². The Morgan fingerprint density at radius 2 is 1.82 bits per heavy atom. The summed E-state index contributed by atoms with van der Waals surface area (Å²) in [6, 6.07) is 15.8. The number of hydrogen-bond acceptors (Lipinski definition) is 3. The van der Waals surface area contributed by atoms with Gasteiger partial charge in [0, 0.05) is 32.4 Å². The van der Waals surface area contributed by atoms with Crippen molar-refractivity contribution in [3.8, 4) is 5.69 Å². The number of carbonyl (C=O) groups is 1. The average Bonchev–Trinajstić information content (AvgIpc) is 2.95. The lowest BCUT2D eigenvalue weighted by molar-refractivity contribution is 0.0526. The van der Waals surface area contributed by atoms with Crippen LogP contribution in [0.25, 0.3) is 5.69 Å². The van der Waals surface area contributed by atoms with Crippen LogP contribution in [0.4, 0.5) is 5.69 Å². The van der Waals surface area contributed by atoms with E-state index in [2.05, 4.69) is 71.1 Å². The highest BCUT2D eigenvalue weighted by Gasteiger charge is 2.11. The van der Waals surface area contributed by atoms with Crippen molar-refractivity contribution in [2.75, 3.05) is 6.61 Å². The van der Waals surface area contributed by atoms with Crippen LogP contribution in [0.1, 0.15) is 39.8 Å². The van der Waals surface area contributed by atoms with E-state index < -0.39 is 0 Å². The summed E-state index contributed by atoms with van der Waals surface area (Å²) in [6.45, 7) is 8.40. The molecule has 3 rings (SSSR count). The van der Waals surface area contributed by atoms with Crippen LogP contribution in [0, 0.1) is 24.3 Å². The number of esters is 1. The van der Waals surface area contributed by atoms with E-state index in [9.17, 15) is 4.79 Å². The van der Waals surface area contributed by atoms with Gasteiger partial charge in [-0.15, -0.1) is 0 Å². The molecule has 0 atom stereocenters. The van der Waals surface area contributed by atoms with Gasteiger partial charge in [0.05, 0.1) is 17.9 Å².